The topological polar surface area (TPSA) is 84.7 Å². The third-order valence-corrected chi connectivity index (χ3v) is 4.08. The van der Waals surface area contributed by atoms with Crippen LogP contribution in [0.15, 0.2) is 48.8 Å². The number of carbonyl (C=O) groups is 2. The molecule has 152 valence electrons. The summed E-state index contributed by atoms with van der Waals surface area (Å²) < 4.78 is 7.74. The van der Waals surface area contributed by atoms with Crippen molar-refractivity contribution in [3.63, 3.8) is 0 Å². The molecule has 7 heteroatoms. The molecule has 3 rings (SSSR count). The molecule has 0 bridgehead atoms. The van der Waals surface area contributed by atoms with Gasteiger partial charge in [0.05, 0.1) is 12.2 Å². The van der Waals surface area contributed by atoms with E-state index in [-0.39, 0.29) is 23.9 Å². The highest BCUT2D eigenvalue weighted by Crippen LogP contribution is 2.15. The second-order valence-electron chi connectivity index (χ2n) is 8.00. The molecule has 2 amide bonds. The van der Waals surface area contributed by atoms with Gasteiger partial charge in [0, 0.05) is 23.5 Å². The minimum absolute atomic E-state index is 0.0677. The molecule has 0 unspecified atom stereocenters. The Morgan fingerprint density at radius 3 is 2.48 bits per heavy atom. The van der Waals surface area contributed by atoms with Crippen LogP contribution in [0.4, 0.5) is 0 Å². The number of amides is 2. The Balaban J connectivity index is 1.52. The Hall–Kier alpha value is -3.35. The number of carbonyl (C=O) groups excluding carboxylic acids is 2. The van der Waals surface area contributed by atoms with Gasteiger partial charge in [-0.1, -0.05) is 6.07 Å². The standard InChI is InChI=1S/C22H26N4O3/c1-15-5-10-19-24-17(13-26(19)12-15)14-29-18-8-6-16(7-9-18)21(28)23-11-20(27)25-22(2,3)4/h5-10,12-13H,11,14H2,1-4H3,(H,23,28)(H,25,27). The van der Waals surface area contributed by atoms with Crippen molar-refractivity contribution in [2.45, 2.75) is 39.8 Å². The fraction of sp³-hybridized carbons (Fsp3) is 0.318. The van der Waals surface area contributed by atoms with Crippen molar-refractivity contribution in [2.75, 3.05) is 6.54 Å². The van der Waals surface area contributed by atoms with Gasteiger partial charge in [-0.25, -0.2) is 4.98 Å². The average molecular weight is 394 g/mol. The third kappa shape index (κ3) is 5.81. The normalized spacial score (nSPS) is 11.3. The van der Waals surface area contributed by atoms with Crippen LogP contribution >= 0.6 is 0 Å². The predicted molar refractivity (Wildman–Crippen MR) is 111 cm³/mol. The van der Waals surface area contributed by atoms with Crippen molar-refractivity contribution in [1.82, 2.24) is 20.0 Å². The first-order chi connectivity index (χ1) is 13.7. The second kappa shape index (κ2) is 8.34. The van der Waals surface area contributed by atoms with Crippen LogP contribution < -0.4 is 15.4 Å². The molecule has 7 nitrogen and oxygen atoms in total. The second-order valence-corrected chi connectivity index (χ2v) is 8.00. The molecule has 0 aliphatic rings. The van der Waals surface area contributed by atoms with E-state index in [1.165, 1.54) is 0 Å². The van der Waals surface area contributed by atoms with Crippen molar-refractivity contribution >= 4 is 17.5 Å². The quantitative estimate of drug-likeness (QED) is 0.673. The van der Waals surface area contributed by atoms with E-state index in [1.807, 2.05) is 56.6 Å². The molecule has 0 atom stereocenters. The van der Waals surface area contributed by atoms with E-state index in [4.69, 9.17) is 4.74 Å². The monoisotopic (exact) mass is 394 g/mol. The molecular formula is C22H26N4O3. The number of benzene rings is 1. The Labute approximate surface area is 170 Å². The van der Waals surface area contributed by atoms with Gasteiger partial charge in [0.15, 0.2) is 0 Å². The lowest BCUT2D eigenvalue weighted by Crippen LogP contribution is -2.45. The first-order valence-corrected chi connectivity index (χ1v) is 9.46. The summed E-state index contributed by atoms with van der Waals surface area (Å²) in [6, 6.07) is 10.8. The summed E-state index contributed by atoms with van der Waals surface area (Å²) in [5, 5.41) is 5.41. The molecule has 2 aromatic heterocycles. The lowest BCUT2D eigenvalue weighted by Gasteiger charge is -2.20. The van der Waals surface area contributed by atoms with E-state index in [0.29, 0.717) is 17.9 Å². The molecule has 0 spiro atoms. The summed E-state index contributed by atoms with van der Waals surface area (Å²) in [5.41, 5.74) is 2.98. The van der Waals surface area contributed by atoms with E-state index in [2.05, 4.69) is 15.6 Å². The van der Waals surface area contributed by atoms with Gasteiger partial charge in [-0.15, -0.1) is 0 Å². The van der Waals surface area contributed by atoms with Gasteiger partial charge in [0.1, 0.15) is 18.0 Å². The van der Waals surface area contributed by atoms with Crippen molar-refractivity contribution in [3.05, 3.63) is 65.6 Å². The van der Waals surface area contributed by atoms with Crippen LogP contribution in [0.3, 0.4) is 0 Å². The van der Waals surface area contributed by atoms with E-state index in [1.54, 1.807) is 24.3 Å². The summed E-state index contributed by atoms with van der Waals surface area (Å²) in [6.07, 6.45) is 3.95. The number of hydrogen-bond donors (Lipinski definition) is 2. The first kappa shape index (κ1) is 20.4. The molecular weight excluding hydrogens is 368 g/mol. The number of ether oxygens (including phenoxy) is 1. The number of nitrogens with zero attached hydrogens (tertiary/aromatic N) is 2. The number of aromatic nitrogens is 2. The van der Waals surface area contributed by atoms with Crippen LogP contribution in [-0.2, 0) is 11.4 Å². The molecule has 0 radical (unpaired) electrons. The zero-order valence-electron chi connectivity index (χ0n) is 17.2. The molecule has 29 heavy (non-hydrogen) atoms. The SMILES string of the molecule is Cc1ccc2nc(COc3ccc(C(=O)NCC(=O)NC(C)(C)C)cc3)cn2c1. The number of nitrogens with one attached hydrogen (secondary N) is 2. The van der Waals surface area contributed by atoms with Gasteiger partial charge in [-0.05, 0) is 63.6 Å². The Morgan fingerprint density at radius 2 is 1.79 bits per heavy atom. The summed E-state index contributed by atoms with van der Waals surface area (Å²) in [4.78, 5) is 28.5. The van der Waals surface area contributed by atoms with Gasteiger partial charge in [-0.2, -0.15) is 0 Å². The van der Waals surface area contributed by atoms with Crippen LogP contribution in [0, 0.1) is 6.92 Å². The highest BCUT2D eigenvalue weighted by molar-refractivity contribution is 5.96. The van der Waals surface area contributed by atoms with Gasteiger partial charge in [0.2, 0.25) is 5.91 Å². The van der Waals surface area contributed by atoms with Crippen LogP contribution in [0.1, 0.15) is 42.4 Å². The average Bonchev–Trinajstić information content (AvgIpc) is 3.05. The number of fused-ring (bicyclic) bond motifs is 1. The van der Waals surface area contributed by atoms with Crippen LogP contribution in [0.2, 0.25) is 0 Å². The largest absolute Gasteiger partial charge is 0.487 e. The number of imidazole rings is 1. The van der Waals surface area contributed by atoms with Gasteiger partial charge in [0.25, 0.3) is 5.91 Å². The van der Waals surface area contributed by atoms with E-state index >= 15 is 0 Å². The molecule has 2 heterocycles. The molecule has 2 N–H and O–H groups in total. The van der Waals surface area contributed by atoms with Gasteiger partial charge in [-0.3, -0.25) is 9.59 Å². The van der Waals surface area contributed by atoms with Gasteiger partial charge < -0.3 is 19.8 Å². The fourth-order valence-electron chi connectivity index (χ4n) is 2.81. The minimum Gasteiger partial charge on any atom is -0.487 e. The highest BCUT2D eigenvalue weighted by atomic mass is 16.5. The van der Waals surface area contributed by atoms with Crippen molar-refractivity contribution in [1.29, 1.82) is 0 Å². The molecule has 0 aliphatic heterocycles. The first-order valence-electron chi connectivity index (χ1n) is 9.46. The van der Waals surface area contributed by atoms with Crippen LogP contribution in [0.25, 0.3) is 5.65 Å². The molecule has 0 saturated heterocycles. The number of hydrogen-bond acceptors (Lipinski definition) is 4. The molecule has 0 saturated carbocycles. The fourth-order valence-corrected chi connectivity index (χ4v) is 2.81. The molecule has 0 fully saturated rings. The Kier molecular flexibility index (Phi) is 5.87. The smallest absolute Gasteiger partial charge is 0.251 e. The lowest BCUT2D eigenvalue weighted by molar-refractivity contribution is -0.121. The molecule has 3 aromatic rings. The maximum atomic E-state index is 12.2. The third-order valence-electron chi connectivity index (χ3n) is 4.08. The Bertz CT molecular complexity index is 1020. The van der Waals surface area contributed by atoms with Crippen molar-refractivity contribution < 1.29 is 14.3 Å². The van der Waals surface area contributed by atoms with Crippen molar-refractivity contribution in [2.24, 2.45) is 0 Å². The highest BCUT2D eigenvalue weighted by Gasteiger charge is 2.14. The zero-order valence-corrected chi connectivity index (χ0v) is 17.2. The number of rotatable bonds is 6. The summed E-state index contributed by atoms with van der Waals surface area (Å²) in [7, 11) is 0. The summed E-state index contributed by atoms with van der Waals surface area (Å²) in [6.45, 7) is 7.96. The molecule has 1 aromatic carbocycles. The number of pyridine rings is 1. The van der Waals surface area contributed by atoms with Crippen LogP contribution in [-0.4, -0.2) is 33.3 Å². The van der Waals surface area contributed by atoms with E-state index < -0.39 is 0 Å². The van der Waals surface area contributed by atoms with Crippen molar-refractivity contribution in [3.8, 4) is 5.75 Å². The number of aryl methyl sites for hydroxylation is 1. The van der Waals surface area contributed by atoms with E-state index in [0.717, 1.165) is 16.9 Å². The molecule has 0 aliphatic carbocycles. The predicted octanol–water partition coefficient (Wildman–Crippen LogP) is 2.87. The van der Waals surface area contributed by atoms with E-state index in [9.17, 15) is 9.59 Å². The maximum Gasteiger partial charge on any atom is 0.251 e. The zero-order chi connectivity index (χ0) is 21.0. The maximum absolute atomic E-state index is 12.2. The lowest BCUT2D eigenvalue weighted by atomic mass is 10.1. The minimum atomic E-state index is -0.333. The van der Waals surface area contributed by atoms with Crippen LogP contribution in [0.5, 0.6) is 5.75 Å². The Morgan fingerprint density at radius 1 is 1.07 bits per heavy atom. The summed E-state index contributed by atoms with van der Waals surface area (Å²) in [5.74, 6) is 0.102. The van der Waals surface area contributed by atoms with Gasteiger partial charge >= 0.3 is 0 Å². The summed E-state index contributed by atoms with van der Waals surface area (Å²) >= 11 is 0.